The molecule has 28 heavy (non-hydrogen) atoms. The molecule has 0 radical (unpaired) electrons. The molecular formula is C24H36NO3+. The molecular weight excluding hydrogens is 350 g/mol. The van der Waals surface area contributed by atoms with Crippen molar-refractivity contribution in [2.24, 2.45) is 23.2 Å². The minimum atomic E-state index is 0.0374. The molecule has 4 rings (SSSR count). The maximum Gasteiger partial charge on any atom is 0.315 e. The van der Waals surface area contributed by atoms with Crippen molar-refractivity contribution in [2.45, 2.75) is 70.9 Å². The number of carbonyl (C=O) groups excluding carboxylic acids is 1. The van der Waals surface area contributed by atoms with E-state index in [0.717, 1.165) is 44.4 Å². The Balaban J connectivity index is 1.39. The van der Waals surface area contributed by atoms with E-state index in [-0.39, 0.29) is 23.4 Å². The number of hydrogen-bond acceptors (Lipinski definition) is 3. The van der Waals surface area contributed by atoms with E-state index in [1.165, 1.54) is 23.3 Å². The van der Waals surface area contributed by atoms with Crippen molar-refractivity contribution in [2.75, 3.05) is 13.6 Å². The molecule has 1 aromatic heterocycles. The summed E-state index contributed by atoms with van der Waals surface area (Å²) in [7, 11) is 2.22. The summed E-state index contributed by atoms with van der Waals surface area (Å²) in [6.07, 6.45) is 9.63. The molecule has 0 bridgehead atoms. The first kappa shape index (κ1) is 19.8. The first-order valence-corrected chi connectivity index (χ1v) is 11.1. The van der Waals surface area contributed by atoms with E-state index >= 15 is 0 Å². The van der Waals surface area contributed by atoms with Crippen LogP contribution in [0.3, 0.4) is 0 Å². The molecule has 3 aliphatic rings. The molecule has 154 valence electrons. The Bertz CT molecular complexity index is 711. The predicted molar refractivity (Wildman–Crippen MR) is 109 cm³/mol. The third-order valence-electron chi connectivity index (χ3n) is 8.11. The lowest BCUT2D eigenvalue weighted by atomic mass is 9.55. The van der Waals surface area contributed by atoms with E-state index in [2.05, 4.69) is 27.5 Å². The zero-order chi connectivity index (χ0) is 19.9. The summed E-state index contributed by atoms with van der Waals surface area (Å²) in [5.41, 5.74) is 1.69. The molecule has 2 heterocycles. The fraction of sp³-hybridized carbons (Fsp3) is 0.708. The first-order valence-electron chi connectivity index (χ1n) is 11.1. The van der Waals surface area contributed by atoms with Gasteiger partial charge in [-0.1, -0.05) is 19.1 Å². The van der Waals surface area contributed by atoms with Crippen molar-refractivity contribution in [3.05, 3.63) is 36.3 Å². The van der Waals surface area contributed by atoms with Gasteiger partial charge in [-0.3, -0.25) is 4.79 Å². The molecule has 7 atom stereocenters. The van der Waals surface area contributed by atoms with Gasteiger partial charge >= 0.3 is 5.97 Å². The van der Waals surface area contributed by atoms with Gasteiger partial charge in [0.1, 0.15) is 17.8 Å². The van der Waals surface area contributed by atoms with E-state index in [0.29, 0.717) is 17.9 Å². The smallest absolute Gasteiger partial charge is 0.315 e. The lowest BCUT2D eigenvalue weighted by Crippen LogP contribution is -3.13. The quantitative estimate of drug-likeness (QED) is 0.602. The fourth-order valence-corrected chi connectivity index (χ4v) is 6.10. The van der Waals surface area contributed by atoms with Crippen LogP contribution in [0.1, 0.15) is 58.1 Å². The Hall–Kier alpha value is -1.55. The van der Waals surface area contributed by atoms with Crippen molar-refractivity contribution in [3.63, 3.8) is 0 Å². The summed E-state index contributed by atoms with van der Waals surface area (Å²) < 4.78 is 11.4. The molecule has 4 nitrogen and oxygen atoms in total. The minimum absolute atomic E-state index is 0.0374. The molecule has 1 aliphatic heterocycles. The number of furan rings is 1. The molecule has 0 spiro atoms. The monoisotopic (exact) mass is 386 g/mol. The number of carbonyl (C=O) groups is 1. The predicted octanol–water partition coefficient (Wildman–Crippen LogP) is 3.43. The minimum Gasteiger partial charge on any atom is -0.469 e. The molecule has 2 aliphatic carbocycles. The van der Waals surface area contributed by atoms with Crippen molar-refractivity contribution in [3.8, 4) is 0 Å². The van der Waals surface area contributed by atoms with Gasteiger partial charge < -0.3 is 14.1 Å². The van der Waals surface area contributed by atoms with Crippen molar-refractivity contribution in [1.29, 1.82) is 0 Å². The Morgan fingerprint density at radius 1 is 1.43 bits per heavy atom. The fourth-order valence-electron chi connectivity index (χ4n) is 6.10. The molecule has 0 aromatic carbocycles. The summed E-state index contributed by atoms with van der Waals surface area (Å²) in [4.78, 5) is 14.2. The molecule has 1 unspecified atom stereocenters. The highest BCUT2D eigenvalue weighted by Gasteiger charge is 2.55. The lowest BCUT2D eigenvalue weighted by molar-refractivity contribution is -0.907. The third-order valence-corrected chi connectivity index (χ3v) is 8.11. The number of allylic oxidation sites excluding steroid dienone is 1. The van der Waals surface area contributed by atoms with Crippen LogP contribution in [0.4, 0.5) is 0 Å². The molecule has 1 N–H and O–H groups in total. The average Bonchev–Trinajstić information content (AvgIpc) is 3.26. The number of aryl methyl sites for hydroxylation is 1. The van der Waals surface area contributed by atoms with E-state index in [1.807, 2.05) is 12.1 Å². The highest BCUT2D eigenvalue weighted by molar-refractivity contribution is 5.75. The zero-order valence-electron chi connectivity index (χ0n) is 17.7. The summed E-state index contributed by atoms with van der Waals surface area (Å²) in [5.74, 6) is 2.06. The van der Waals surface area contributed by atoms with Gasteiger partial charge in [0.05, 0.1) is 25.9 Å². The Kier molecular flexibility index (Phi) is 5.43. The molecule has 3 fully saturated rings. The number of esters is 1. The van der Waals surface area contributed by atoms with Crippen LogP contribution in [-0.4, -0.2) is 31.7 Å². The van der Waals surface area contributed by atoms with Crippen LogP contribution in [0.5, 0.6) is 0 Å². The lowest BCUT2D eigenvalue weighted by Gasteiger charge is -2.50. The second kappa shape index (κ2) is 7.70. The van der Waals surface area contributed by atoms with E-state index in [9.17, 15) is 4.79 Å². The van der Waals surface area contributed by atoms with Gasteiger partial charge in [0.2, 0.25) is 0 Å². The largest absolute Gasteiger partial charge is 0.469 e. The number of rotatable bonds is 6. The normalized spacial score (nSPS) is 37.1. The number of nitrogens with one attached hydrogen (secondary N) is 1. The number of quaternary nitrogens is 1. The summed E-state index contributed by atoms with van der Waals surface area (Å²) in [6.45, 7) is 9.94. The van der Waals surface area contributed by atoms with Crippen LogP contribution in [0.2, 0.25) is 0 Å². The second-order valence-corrected chi connectivity index (χ2v) is 9.97. The van der Waals surface area contributed by atoms with Gasteiger partial charge in [0.15, 0.2) is 0 Å². The van der Waals surface area contributed by atoms with Crippen LogP contribution in [-0.2, 0) is 16.0 Å². The highest BCUT2D eigenvalue weighted by atomic mass is 16.6. The number of fused-ring (bicyclic) bond motifs is 2. The second-order valence-electron chi connectivity index (χ2n) is 9.97. The van der Waals surface area contributed by atoms with Crippen LogP contribution in [0.25, 0.3) is 0 Å². The van der Waals surface area contributed by atoms with Gasteiger partial charge in [-0.05, 0) is 62.5 Å². The maximum absolute atomic E-state index is 12.8. The van der Waals surface area contributed by atoms with Crippen molar-refractivity contribution >= 4 is 5.97 Å². The first-order chi connectivity index (χ1) is 13.4. The Morgan fingerprint density at radius 2 is 2.25 bits per heavy atom. The van der Waals surface area contributed by atoms with Gasteiger partial charge in [-0.2, -0.15) is 0 Å². The van der Waals surface area contributed by atoms with Crippen LogP contribution >= 0.6 is 0 Å². The van der Waals surface area contributed by atoms with Crippen LogP contribution < -0.4 is 4.90 Å². The molecule has 0 amide bonds. The average molecular weight is 387 g/mol. The number of hydrogen-bond donors (Lipinski definition) is 1. The number of ether oxygens (including phenoxy) is 1. The van der Waals surface area contributed by atoms with Crippen molar-refractivity contribution < 1.29 is 18.8 Å². The van der Waals surface area contributed by atoms with Crippen LogP contribution in [0, 0.1) is 23.2 Å². The summed E-state index contributed by atoms with van der Waals surface area (Å²) >= 11 is 0. The van der Waals surface area contributed by atoms with Gasteiger partial charge in [0, 0.05) is 18.8 Å². The Morgan fingerprint density at radius 3 is 3.00 bits per heavy atom. The van der Waals surface area contributed by atoms with E-state index in [1.54, 1.807) is 6.26 Å². The third kappa shape index (κ3) is 3.68. The van der Waals surface area contributed by atoms with Gasteiger partial charge in [0.25, 0.3) is 0 Å². The molecule has 1 saturated heterocycles. The van der Waals surface area contributed by atoms with Gasteiger partial charge in [-0.15, -0.1) is 0 Å². The topological polar surface area (TPSA) is 43.9 Å². The Labute approximate surface area is 169 Å². The SMILES string of the molecule is C=C1CCC[C@]2(C)C[C@H]3OC(=O)[C@H](C[NH+](C)[C@H](C)CCc4ccco4)[C@H]3C[C@H]12. The standard InChI is InChI=1S/C24H35NO3/c1-16-7-5-11-24(3)14-22-19(13-21(16)24)20(23(26)28-22)15-25(4)17(2)9-10-18-8-6-12-27-18/h6,8,12,17,19-22H,1,5,7,9-11,13-15H2,2-4H3/p+1/t17-,19-,20-,21-,22-,24-/m1/s1. The summed E-state index contributed by atoms with van der Waals surface area (Å²) in [6, 6.07) is 4.47. The molecule has 2 saturated carbocycles. The van der Waals surface area contributed by atoms with Crippen molar-refractivity contribution in [1.82, 2.24) is 0 Å². The maximum atomic E-state index is 12.8. The van der Waals surface area contributed by atoms with E-state index < -0.39 is 0 Å². The zero-order valence-corrected chi connectivity index (χ0v) is 17.7. The van der Waals surface area contributed by atoms with Crippen LogP contribution in [0.15, 0.2) is 35.0 Å². The molecule has 1 aromatic rings. The highest BCUT2D eigenvalue weighted by Crippen LogP contribution is 2.56. The summed E-state index contributed by atoms with van der Waals surface area (Å²) in [5, 5.41) is 0. The van der Waals surface area contributed by atoms with E-state index in [4.69, 9.17) is 9.15 Å². The molecule has 4 heteroatoms. The van der Waals surface area contributed by atoms with Gasteiger partial charge in [-0.25, -0.2) is 0 Å².